The first kappa shape index (κ1) is 23.2. The molecule has 0 atom stereocenters. The highest BCUT2D eigenvalue weighted by Crippen LogP contribution is 2.27. The van der Waals surface area contributed by atoms with Gasteiger partial charge in [-0.05, 0) is 48.7 Å². The van der Waals surface area contributed by atoms with Gasteiger partial charge in [0.1, 0.15) is 17.9 Å². The molecule has 0 unspecified atom stereocenters. The number of carbonyl (C=O) groups excluding carboxylic acids is 1. The van der Waals surface area contributed by atoms with Gasteiger partial charge in [0.2, 0.25) is 5.91 Å². The first-order valence-electron chi connectivity index (χ1n) is 12.3. The van der Waals surface area contributed by atoms with Crippen molar-refractivity contribution in [1.82, 2.24) is 24.8 Å². The minimum absolute atomic E-state index is 0.0963. The van der Waals surface area contributed by atoms with Crippen molar-refractivity contribution in [2.24, 2.45) is 5.92 Å². The molecule has 0 aliphatic carbocycles. The molecule has 2 fully saturated rings. The van der Waals surface area contributed by atoms with Crippen molar-refractivity contribution in [2.75, 3.05) is 51.3 Å². The van der Waals surface area contributed by atoms with Gasteiger partial charge in [-0.25, -0.2) is 9.97 Å². The van der Waals surface area contributed by atoms with Crippen molar-refractivity contribution in [3.63, 3.8) is 0 Å². The molecule has 4 heterocycles. The second kappa shape index (κ2) is 10.8. The fourth-order valence-corrected chi connectivity index (χ4v) is 4.93. The maximum atomic E-state index is 13.2. The van der Waals surface area contributed by atoms with E-state index in [4.69, 9.17) is 4.74 Å². The summed E-state index contributed by atoms with van der Waals surface area (Å²) in [5, 5.41) is 0. The van der Waals surface area contributed by atoms with Gasteiger partial charge < -0.3 is 14.5 Å². The Hall–Kier alpha value is -3.52. The van der Waals surface area contributed by atoms with Gasteiger partial charge in [0.05, 0.1) is 12.8 Å². The Kier molecular flexibility index (Phi) is 7.18. The summed E-state index contributed by atoms with van der Waals surface area (Å²) in [6, 6.07) is 14.0. The molecule has 2 aliphatic rings. The van der Waals surface area contributed by atoms with Crippen molar-refractivity contribution in [2.45, 2.75) is 19.4 Å². The lowest BCUT2D eigenvalue weighted by Gasteiger charge is -2.38. The van der Waals surface area contributed by atoms with Gasteiger partial charge >= 0.3 is 0 Å². The number of carbonyl (C=O) groups is 1. The van der Waals surface area contributed by atoms with Crippen LogP contribution in [-0.4, -0.2) is 77.0 Å². The van der Waals surface area contributed by atoms with E-state index in [1.165, 1.54) is 5.56 Å². The van der Waals surface area contributed by atoms with E-state index in [-0.39, 0.29) is 5.92 Å². The van der Waals surface area contributed by atoms with Crippen molar-refractivity contribution in [3.8, 4) is 17.0 Å². The zero-order chi connectivity index (χ0) is 24.0. The van der Waals surface area contributed by atoms with E-state index in [0.29, 0.717) is 5.91 Å². The lowest BCUT2D eigenvalue weighted by atomic mass is 9.95. The highest BCUT2D eigenvalue weighted by molar-refractivity contribution is 5.79. The van der Waals surface area contributed by atoms with Gasteiger partial charge in [-0.15, -0.1) is 0 Å². The summed E-state index contributed by atoms with van der Waals surface area (Å²) in [4.78, 5) is 33.1. The van der Waals surface area contributed by atoms with Gasteiger partial charge in [0, 0.05) is 75.8 Å². The van der Waals surface area contributed by atoms with E-state index in [2.05, 4.69) is 35.7 Å². The van der Waals surface area contributed by atoms with Gasteiger partial charge in [-0.2, -0.15) is 0 Å². The quantitative estimate of drug-likeness (QED) is 0.546. The number of ether oxygens (including phenoxy) is 1. The average molecular weight is 473 g/mol. The molecule has 35 heavy (non-hydrogen) atoms. The van der Waals surface area contributed by atoms with Crippen LogP contribution >= 0.6 is 0 Å². The number of hydrogen-bond acceptors (Lipinski definition) is 7. The second-order valence-corrected chi connectivity index (χ2v) is 9.21. The van der Waals surface area contributed by atoms with Gasteiger partial charge in [-0.1, -0.05) is 6.07 Å². The summed E-state index contributed by atoms with van der Waals surface area (Å²) in [5.41, 5.74) is 3.14. The minimum Gasteiger partial charge on any atom is -0.497 e. The van der Waals surface area contributed by atoms with Crippen LogP contribution in [0.3, 0.4) is 0 Å². The number of aromatic nitrogens is 3. The fraction of sp³-hybridized carbons (Fsp3) is 0.407. The van der Waals surface area contributed by atoms with Crippen LogP contribution in [-0.2, 0) is 11.3 Å². The standard InChI is InChI=1S/C27H32N6O2/c1-35-24-6-4-22(5-7-24)25-17-26(30-20-29-25)32-11-8-23(9-12-32)27(34)33-15-13-31(14-16-33)19-21-3-2-10-28-18-21/h2-7,10,17-18,20,23H,8-9,11-16,19H2,1H3. The zero-order valence-electron chi connectivity index (χ0n) is 20.2. The third kappa shape index (κ3) is 5.59. The Bertz CT molecular complexity index is 1110. The second-order valence-electron chi connectivity index (χ2n) is 9.21. The number of piperazine rings is 1. The molecule has 0 N–H and O–H groups in total. The Morgan fingerprint density at radius 2 is 1.77 bits per heavy atom. The number of rotatable bonds is 6. The summed E-state index contributed by atoms with van der Waals surface area (Å²) in [5.74, 6) is 2.15. The number of piperidine rings is 1. The van der Waals surface area contributed by atoms with E-state index in [9.17, 15) is 4.79 Å². The molecule has 0 spiro atoms. The summed E-state index contributed by atoms with van der Waals surface area (Å²) in [6.07, 6.45) is 7.06. The number of pyridine rings is 1. The van der Waals surface area contributed by atoms with Crippen LogP contribution in [0.25, 0.3) is 11.3 Å². The van der Waals surface area contributed by atoms with Gasteiger partial charge in [-0.3, -0.25) is 14.7 Å². The number of amides is 1. The molecule has 2 aromatic heterocycles. The maximum Gasteiger partial charge on any atom is 0.225 e. The molecule has 0 radical (unpaired) electrons. The molecule has 2 aliphatic heterocycles. The highest BCUT2D eigenvalue weighted by atomic mass is 16.5. The third-order valence-corrected chi connectivity index (χ3v) is 7.02. The van der Waals surface area contributed by atoms with Crippen molar-refractivity contribution >= 4 is 11.7 Å². The molecule has 2 saturated heterocycles. The predicted molar refractivity (Wildman–Crippen MR) is 135 cm³/mol. The van der Waals surface area contributed by atoms with E-state index >= 15 is 0 Å². The lowest BCUT2D eigenvalue weighted by molar-refractivity contribution is -0.138. The Morgan fingerprint density at radius 3 is 2.46 bits per heavy atom. The number of methoxy groups -OCH3 is 1. The zero-order valence-corrected chi connectivity index (χ0v) is 20.2. The molecule has 182 valence electrons. The maximum absolute atomic E-state index is 13.2. The van der Waals surface area contributed by atoms with Crippen LogP contribution in [0, 0.1) is 5.92 Å². The minimum atomic E-state index is 0.0963. The van der Waals surface area contributed by atoms with Gasteiger partial charge in [0.15, 0.2) is 0 Å². The smallest absolute Gasteiger partial charge is 0.225 e. The molecule has 5 rings (SSSR count). The third-order valence-electron chi connectivity index (χ3n) is 7.02. The topological polar surface area (TPSA) is 74.7 Å². The number of hydrogen-bond donors (Lipinski definition) is 0. The molecule has 8 heteroatoms. The molecule has 0 bridgehead atoms. The van der Waals surface area contributed by atoms with Crippen LogP contribution < -0.4 is 9.64 Å². The van der Waals surface area contributed by atoms with E-state index < -0.39 is 0 Å². The summed E-state index contributed by atoms with van der Waals surface area (Å²) in [7, 11) is 1.66. The molecule has 1 amide bonds. The van der Waals surface area contributed by atoms with Crippen LogP contribution in [0.2, 0.25) is 0 Å². The first-order valence-corrected chi connectivity index (χ1v) is 12.3. The van der Waals surface area contributed by atoms with Crippen LogP contribution in [0.4, 0.5) is 5.82 Å². The normalized spacial score (nSPS) is 17.4. The van der Waals surface area contributed by atoms with Crippen molar-refractivity contribution in [1.29, 1.82) is 0 Å². The van der Waals surface area contributed by atoms with Crippen LogP contribution in [0.15, 0.2) is 61.2 Å². The number of anilines is 1. The van der Waals surface area contributed by atoms with Crippen LogP contribution in [0.1, 0.15) is 18.4 Å². The van der Waals surface area contributed by atoms with E-state index in [0.717, 1.165) is 81.5 Å². The fourth-order valence-electron chi connectivity index (χ4n) is 4.93. The Balaban J connectivity index is 1.12. The predicted octanol–water partition coefficient (Wildman–Crippen LogP) is 3.11. The summed E-state index contributed by atoms with van der Waals surface area (Å²) in [6.45, 7) is 5.98. The van der Waals surface area contributed by atoms with Gasteiger partial charge in [0.25, 0.3) is 0 Å². The molecular formula is C27H32N6O2. The number of nitrogens with zero attached hydrogens (tertiary/aromatic N) is 6. The Morgan fingerprint density at radius 1 is 1.00 bits per heavy atom. The van der Waals surface area contributed by atoms with Crippen molar-refractivity contribution in [3.05, 3.63) is 66.7 Å². The highest BCUT2D eigenvalue weighted by Gasteiger charge is 2.31. The number of benzene rings is 1. The molecular weight excluding hydrogens is 440 g/mol. The monoisotopic (exact) mass is 472 g/mol. The Labute approximate surface area is 206 Å². The molecule has 1 aromatic carbocycles. The van der Waals surface area contributed by atoms with Crippen LogP contribution in [0.5, 0.6) is 5.75 Å². The van der Waals surface area contributed by atoms with Crippen molar-refractivity contribution < 1.29 is 9.53 Å². The molecule has 3 aromatic rings. The van der Waals surface area contributed by atoms with E-state index in [1.807, 2.05) is 42.6 Å². The molecule has 0 saturated carbocycles. The first-order chi connectivity index (χ1) is 17.2. The summed E-state index contributed by atoms with van der Waals surface area (Å²) < 4.78 is 5.25. The van der Waals surface area contributed by atoms with E-state index in [1.54, 1.807) is 19.6 Å². The summed E-state index contributed by atoms with van der Waals surface area (Å²) >= 11 is 0. The molecule has 8 nitrogen and oxygen atoms in total. The average Bonchev–Trinajstić information content (AvgIpc) is 2.94. The lowest BCUT2D eigenvalue weighted by Crippen LogP contribution is -2.51. The SMILES string of the molecule is COc1ccc(-c2cc(N3CCC(C(=O)N4CCN(Cc5cccnc5)CC4)CC3)ncn2)cc1. The largest absolute Gasteiger partial charge is 0.497 e.